The Morgan fingerprint density at radius 1 is 1.36 bits per heavy atom. The molecule has 0 bridgehead atoms. The van der Waals surface area contributed by atoms with Crippen molar-refractivity contribution in [2.24, 2.45) is 0 Å². The Hall–Kier alpha value is -1.33. The lowest BCUT2D eigenvalue weighted by atomic mass is 10.2. The molecule has 1 heterocycles. The number of amides is 1. The third-order valence-electron chi connectivity index (χ3n) is 3.08. The largest absolute Gasteiger partial charge is 0.548 e. The van der Waals surface area contributed by atoms with Crippen LogP contribution in [0.15, 0.2) is 17.0 Å². The van der Waals surface area contributed by atoms with Gasteiger partial charge in [-0.3, -0.25) is 9.69 Å². The predicted molar refractivity (Wildman–Crippen MR) is 106 cm³/mol. The number of benzene rings is 1. The molecule has 0 spiro atoms. The second-order valence-electron chi connectivity index (χ2n) is 4.84. The van der Waals surface area contributed by atoms with Crippen molar-refractivity contribution in [1.29, 1.82) is 0 Å². The highest BCUT2D eigenvalue weighted by Gasteiger charge is 2.32. The summed E-state index contributed by atoms with van der Waals surface area (Å²) in [5.41, 5.74) is 0.741. The summed E-state index contributed by atoms with van der Waals surface area (Å²) in [5.74, 6) is -0.549. The molecule has 0 unspecified atom stereocenters. The fourth-order valence-corrected chi connectivity index (χ4v) is 4.17. The Morgan fingerprint density at radius 3 is 2.64 bits per heavy atom. The molecular weight excluding hydrogens is 477 g/mol. The molecular formula is C16H15INO5S2-. The molecule has 134 valence electrons. The van der Waals surface area contributed by atoms with Crippen molar-refractivity contribution in [1.82, 2.24) is 4.90 Å². The van der Waals surface area contributed by atoms with E-state index in [0.717, 1.165) is 25.8 Å². The summed E-state index contributed by atoms with van der Waals surface area (Å²) in [6.07, 6.45) is 1.66. The van der Waals surface area contributed by atoms with Gasteiger partial charge in [-0.1, -0.05) is 24.0 Å². The first kappa shape index (κ1) is 20.0. The average molecular weight is 492 g/mol. The van der Waals surface area contributed by atoms with Gasteiger partial charge in [0.2, 0.25) is 0 Å². The zero-order valence-corrected chi connectivity index (χ0v) is 17.3. The van der Waals surface area contributed by atoms with Gasteiger partial charge in [0.1, 0.15) is 4.32 Å². The second kappa shape index (κ2) is 8.86. The third-order valence-corrected chi connectivity index (χ3v) is 5.26. The quantitative estimate of drug-likeness (QED) is 0.328. The van der Waals surface area contributed by atoms with Crippen molar-refractivity contribution >= 4 is 68.8 Å². The van der Waals surface area contributed by atoms with E-state index in [1.165, 1.54) is 0 Å². The normalized spacial score (nSPS) is 15.8. The van der Waals surface area contributed by atoms with Gasteiger partial charge in [0.15, 0.2) is 11.5 Å². The summed E-state index contributed by atoms with van der Waals surface area (Å²) >= 11 is 8.27. The van der Waals surface area contributed by atoms with Gasteiger partial charge in [-0.05, 0) is 60.2 Å². The maximum Gasteiger partial charge on any atom is 0.266 e. The Labute approximate surface area is 168 Å². The molecule has 2 rings (SSSR count). The molecule has 1 aromatic rings. The van der Waals surface area contributed by atoms with Crippen LogP contribution in [-0.4, -0.2) is 40.9 Å². The fraction of sp³-hybridized carbons (Fsp3) is 0.312. The molecule has 1 fully saturated rings. The van der Waals surface area contributed by atoms with Crippen LogP contribution in [0.5, 0.6) is 11.5 Å². The monoisotopic (exact) mass is 492 g/mol. The maximum absolute atomic E-state index is 12.3. The lowest BCUT2D eigenvalue weighted by Crippen LogP contribution is -2.40. The van der Waals surface area contributed by atoms with E-state index in [2.05, 4.69) is 22.6 Å². The molecule has 1 saturated heterocycles. The lowest BCUT2D eigenvalue weighted by Gasteiger charge is -2.14. The summed E-state index contributed by atoms with van der Waals surface area (Å²) in [7, 11) is 0. The summed E-state index contributed by atoms with van der Waals surface area (Å²) in [5, 5.41) is 10.7. The standard InChI is InChI=1S/C16H16INO5S2/c1-3-22-11-6-9(5-10(17)14(11)23-4-2)7-12-15(21)18(8-13(19)20)16(24)25-12/h5-7H,3-4,8H2,1-2H3,(H,19,20)/p-1/b12-7+. The van der Waals surface area contributed by atoms with Crippen LogP contribution in [0.2, 0.25) is 0 Å². The van der Waals surface area contributed by atoms with Gasteiger partial charge in [0, 0.05) is 0 Å². The molecule has 1 amide bonds. The zero-order valence-electron chi connectivity index (χ0n) is 13.5. The fourth-order valence-electron chi connectivity index (χ4n) is 2.14. The molecule has 0 saturated carbocycles. The number of carboxylic acid groups (broad SMARTS) is 1. The number of rotatable bonds is 7. The van der Waals surface area contributed by atoms with E-state index in [9.17, 15) is 14.7 Å². The van der Waals surface area contributed by atoms with E-state index in [1.54, 1.807) is 12.1 Å². The van der Waals surface area contributed by atoms with E-state index in [4.69, 9.17) is 21.7 Å². The number of hydrogen-bond acceptors (Lipinski definition) is 7. The van der Waals surface area contributed by atoms with E-state index >= 15 is 0 Å². The Kier molecular flexibility index (Phi) is 7.08. The SMILES string of the molecule is CCOc1cc(/C=C2/SC(=S)N(CC(=O)[O-])C2=O)cc(I)c1OCC. The van der Waals surface area contributed by atoms with Crippen LogP contribution >= 0.6 is 46.6 Å². The van der Waals surface area contributed by atoms with Crippen molar-refractivity contribution < 1.29 is 24.2 Å². The Morgan fingerprint density at radius 2 is 2.04 bits per heavy atom. The second-order valence-corrected chi connectivity index (χ2v) is 7.67. The molecule has 1 aromatic carbocycles. The smallest absolute Gasteiger partial charge is 0.266 e. The Balaban J connectivity index is 2.36. The van der Waals surface area contributed by atoms with Gasteiger partial charge in [-0.15, -0.1) is 0 Å². The van der Waals surface area contributed by atoms with E-state index < -0.39 is 18.4 Å². The summed E-state index contributed by atoms with van der Waals surface area (Å²) in [6, 6.07) is 3.64. The molecule has 1 aliphatic heterocycles. The first-order chi connectivity index (χ1) is 11.9. The highest BCUT2D eigenvalue weighted by molar-refractivity contribution is 14.1. The molecule has 9 heteroatoms. The molecule has 1 aliphatic rings. The molecule has 0 aromatic heterocycles. The maximum atomic E-state index is 12.3. The van der Waals surface area contributed by atoms with E-state index in [0.29, 0.717) is 29.6 Å². The number of carbonyl (C=O) groups is 2. The van der Waals surface area contributed by atoms with Crippen LogP contribution in [0.1, 0.15) is 19.4 Å². The Bertz CT molecular complexity index is 750. The lowest BCUT2D eigenvalue weighted by molar-refractivity contribution is -0.305. The van der Waals surface area contributed by atoms with Gasteiger partial charge < -0.3 is 19.4 Å². The van der Waals surface area contributed by atoms with Crippen molar-refractivity contribution in [2.75, 3.05) is 19.8 Å². The number of hydrogen-bond donors (Lipinski definition) is 0. The number of carbonyl (C=O) groups excluding carboxylic acids is 2. The van der Waals surface area contributed by atoms with Crippen LogP contribution in [0, 0.1) is 3.57 Å². The van der Waals surface area contributed by atoms with Gasteiger partial charge in [-0.25, -0.2) is 0 Å². The van der Waals surface area contributed by atoms with Crippen LogP contribution in [-0.2, 0) is 9.59 Å². The van der Waals surface area contributed by atoms with Crippen LogP contribution in [0.3, 0.4) is 0 Å². The summed E-state index contributed by atoms with van der Waals surface area (Å²) in [6.45, 7) is 4.21. The molecule has 6 nitrogen and oxygen atoms in total. The summed E-state index contributed by atoms with van der Waals surface area (Å²) < 4.78 is 12.3. The van der Waals surface area contributed by atoms with Crippen LogP contribution < -0.4 is 14.6 Å². The minimum Gasteiger partial charge on any atom is -0.548 e. The highest BCUT2D eigenvalue weighted by atomic mass is 127. The van der Waals surface area contributed by atoms with Crippen molar-refractivity contribution in [3.8, 4) is 11.5 Å². The molecule has 25 heavy (non-hydrogen) atoms. The van der Waals surface area contributed by atoms with Gasteiger partial charge in [-0.2, -0.15) is 0 Å². The van der Waals surface area contributed by atoms with Crippen molar-refractivity contribution in [3.63, 3.8) is 0 Å². The molecule has 0 N–H and O–H groups in total. The van der Waals surface area contributed by atoms with Gasteiger partial charge in [0.25, 0.3) is 5.91 Å². The number of nitrogens with zero attached hydrogens (tertiary/aromatic N) is 1. The van der Waals surface area contributed by atoms with Crippen molar-refractivity contribution in [2.45, 2.75) is 13.8 Å². The van der Waals surface area contributed by atoms with Crippen LogP contribution in [0.25, 0.3) is 6.08 Å². The average Bonchev–Trinajstić information content (AvgIpc) is 2.78. The number of aliphatic carboxylic acids is 1. The predicted octanol–water partition coefficient (Wildman–Crippen LogP) is 2.04. The number of carboxylic acids is 1. The topological polar surface area (TPSA) is 78.9 Å². The summed E-state index contributed by atoms with van der Waals surface area (Å²) in [4.78, 5) is 24.4. The molecule has 0 atom stereocenters. The first-order valence-corrected chi connectivity index (χ1v) is 9.72. The van der Waals surface area contributed by atoms with E-state index in [1.807, 2.05) is 19.9 Å². The molecule has 0 radical (unpaired) electrons. The minimum absolute atomic E-state index is 0.200. The minimum atomic E-state index is -1.35. The first-order valence-electron chi connectivity index (χ1n) is 7.41. The van der Waals surface area contributed by atoms with Gasteiger partial charge in [0.05, 0.1) is 34.2 Å². The molecule has 0 aliphatic carbocycles. The zero-order chi connectivity index (χ0) is 18.6. The van der Waals surface area contributed by atoms with Crippen molar-refractivity contribution in [3.05, 3.63) is 26.2 Å². The van der Waals surface area contributed by atoms with Crippen LogP contribution in [0.4, 0.5) is 0 Å². The number of ether oxygens (including phenoxy) is 2. The number of thiocarbonyl (C=S) groups is 1. The number of halogens is 1. The van der Waals surface area contributed by atoms with E-state index in [-0.39, 0.29) is 4.32 Å². The van der Waals surface area contributed by atoms with Gasteiger partial charge >= 0.3 is 0 Å². The third kappa shape index (κ3) is 4.85. The number of thioether (sulfide) groups is 1. The highest BCUT2D eigenvalue weighted by Crippen LogP contribution is 2.37.